The molecule has 0 aromatic rings. The quantitative estimate of drug-likeness (QED) is 0.473. The number of carbonyl (C=O) groups excluding carboxylic acids is 3. The molecule has 0 aromatic carbocycles. The molecule has 72 valence electrons. The highest BCUT2D eigenvalue weighted by Crippen LogP contribution is 2.31. The Morgan fingerprint density at radius 2 is 2.15 bits per heavy atom. The SMILES string of the molecule is CC(=O)CC[C@]1(C)C(=O)COC1=O. The first-order valence-corrected chi connectivity index (χ1v) is 4.17. The Hall–Kier alpha value is -1.19. The number of esters is 1. The molecule has 1 aliphatic heterocycles. The first-order chi connectivity index (χ1) is 5.97. The standard InChI is InChI=1S/C9H12O4/c1-6(10)3-4-9(2)7(11)5-13-8(9)12/h3-5H2,1-2H3/t9-/m1/s1. The van der Waals surface area contributed by atoms with Gasteiger partial charge in [0.2, 0.25) is 0 Å². The van der Waals surface area contributed by atoms with Crippen molar-refractivity contribution in [1.82, 2.24) is 0 Å². The van der Waals surface area contributed by atoms with Crippen molar-refractivity contribution in [2.45, 2.75) is 26.7 Å². The van der Waals surface area contributed by atoms with E-state index in [0.29, 0.717) is 0 Å². The number of hydrogen-bond donors (Lipinski definition) is 0. The smallest absolute Gasteiger partial charge is 0.319 e. The van der Waals surface area contributed by atoms with Crippen LogP contribution in [0, 0.1) is 5.41 Å². The molecule has 0 unspecified atom stereocenters. The molecule has 0 amide bonds. The van der Waals surface area contributed by atoms with E-state index in [0.717, 1.165) is 0 Å². The summed E-state index contributed by atoms with van der Waals surface area (Å²) >= 11 is 0. The lowest BCUT2D eigenvalue weighted by atomic mass is 9.82. The van der Waals surface area contributed by atoms with Crippen molar-refractivity contribution in [3.05, 3.63) is 0 Å². The van der Waals surface area contributed by atoms with Crippen LogP contribution in [0.2, 0.25) is 0 Å². The second-order valence-corrected chi connectivity index (χ2v) is 3.53. The lowest BCUT2D eigenvalue weighted by Gasteiger charge is -2.15. The van der Waals surface area contributed by atoms with Crippen LogP contribution in [-0.4, -0.2) is 24.1 Å². The second-order valence-electron chi connectivity index (χ2n) is 3.53. The highest BCUT2D eigenvalue weighted by molar-refractivity contribution is 6.08. The summed E-state index contributed by atoms with van der Waals surface area (Å²) in [6, 6.07) is 0. The fourth-order valence-electron chi connectivity index (χ4n) is 1.23. The molecule has 4 nitrogen and oxygen atoms in total. The molecule has 0 aromatic heterocycles. The van der Waals surface area contributed by atoms with Gasteiger partial charge in [-0.15, -0.1) is 0 Å². The minimum Gasteiger partial charge on any atom is -0.457 e. The van der Waals surface area contributed by atoms with Crippen molar-refractivity contribution in [2.75, 3.05) is 6.61 Å². The molecule has 0 aliphatic carbocycles. The monoisotopic (exact) mass is 184 g/mol. The average molecular weight is 184 g/mol. The highest BCUT2D eigenvalue weighted by atomic mass is 16.5. The Balaban J connectivity index is 2.68. The minimum absolute atomic E-state index is 0.0197. The molecule has 1 atom stereocenters. The topological polar surface area (TPSA) is 60.4 Å². The van der Waals surface area contributed by atoms with Crippen LogP contribution in [-0.2, 0) is 19.1 Å². The van der Waals surface area contributed by atoms with Gasteiger partial charge in [0.15, 0.2) is 12.4 Å². The third kappa shape index (κ3) is 1.76. The lowest BCUT2D eigenvalue weighted by Crippen LogP contribution is -2.30. The van der Waals surface area contributed by atoms with Gasteiger partial charge in [-0.25, -0.2) is 0 Å². The Bertz CT molecular complexity index is 251. The molecule has 1 saturated heterocycles. The molecule has 0 N–H and O–H groups in total. The summed E-state index contributed by atoms with van der Waals surface area (Å²) in [5.41, 5.74) is -1.08. The number of rotatable bonds is 3. The molecular weight excluding hydrogens is 172 g/mol. The summed E-state index contributed by atoms with van der Waals surface area (Å²) in [6.07, 6.45) is 0.511. The van der Waals surface area contributed by atoms with Crippen LogP contribution in [0.4, 0.5) is 0 Å². The van der Waals surface area contributed by atoms with Crippen LogP contribution >= 0.6 is 0 Å². The maximum Gasteiger partial charge on any atom is 0.319 e. The van der Waals surface area contributed by atoms with Crippen molar-refractivity contribution < 1.29 is 19.1 Å². The summed E-state index contributed by atoms with van der Waals surface area (Å²) in [4.78, 5) is 33.1. The van der Waals surface area contributed by atoms with E-state index >= 15 is 0 Å². The Morgan fingerprint density at radius 1 is 1.54 bits per heavy atom. The first kappa shape index (κ1) is 9.89. The molecule has 0 saturated carbocycles. The predicted octanol–water partition coefficient (Wildman–Crippen LogP) is 0.488. The maximum atomic E-state index is 11.3. The molecule has 13 heavy (non-hydrogen) atoms. The molecule has 1 aliphatic rings. The van der Waals surface area contributed by atoms with Crippen LogP contribution < -0.4 is 0 Å². The third-order valence-electron chi connectivity index (χ3n) is 2.38. The van der Waals surface area contributed by atoms with E-state index in [1.54, 1.807) is 0 Å². The minimum atomic E-state index is -1.08. The lowest BCUT2D eigenvalue weighted by molar-refractivity contribution is -0.146. The Kier molecular flexibility index (Phi) is 2.50. The Morgan fingerprint density at radius 3 is 2.54 bits per heavy atom. The van der Waals surface area contributed by atoms with Crippen molar-refractivity contribution in [3.8, 4) is 0 Å². The van der Waals surface area contributed by atoms with Crippen LogP contribution in [0.5, 0.6) is 0 Å². The number of ether oxygens (including phenoxy) is 1. The van der Waals surface area contributed by atoms with Crippen molar-refractivity contribution in [2.24, 2.45) is 5.41 Å². The summed E-state index contributed by atoms with van der Waals surface area (Å²) in [7, 11) is 0. The summed E-state index contributed by atoms with van der Waals surface area (Å²) in [5.74, 6) is -0.744. The summed E-state index contributed by atoms with van der Waals surface area (Å²) in [6.45, 7) is 2.83. The van der Waals surface area contributed by atoms with Gasteiger partial charge in [0.05, 0.1) is 0 Å². The van der Waals surface area contributed by atoms with Gasteiger partial charge in [0, 0.05) is 6.42 Å². The first-order valence-electron chi connectivity index (χ1n) is 4.17. The van der Waals surface area contributed by atoms with Crippen LogP contribution in [0.15, 0.2) is 0 Å². The van der Waals surface area contributed by atoms with E-state index in [-0.39, 0.29) is 31.0 Å². The van der Waals surface area contributed by atoms with Gasteiger partial charge in [-0.2, -0.15) is 0 Å². The molecule has 0 spiro atoms. The molecule has 0 bridgehead atoms. The zero-order valence-electron chi connectivity index (χ0n) is 7.75. The van der Waals surface area contributed by atoms with Crippen molar-refractivity contribution >= 4 is 17.5 Å². The average Bonchev–Trinajstić information content (AvgIpc) is 2.31. The molecule has 1 fully saturated rings. The molecule has 0 radical (unpaired) electrons. The third-order valence-corrected chi connectivity index (χ3v) is 2.38. The zero-order chi connectivity index (χ0) is 10.1. The van der Waals surface area contributed by atoms with Crippen molar-refractivity contribution in [3.63, 3.8) is 0 Å². The largest absolute Gasteiger partial charge is 0.457 e. The zero-order valence-corrected chi connectivity index (χ0v) is 7.75. The van der Waals surface area contributed by atoms with Crippen LogP contribution in [0.1, 0.15) is 26.7 Å². The van der Waals surface area contributed by atoms with E-state index in [1.807, 2.05) is 0 Å². The summed E-state index contributed by atoms with van der Waals surface area (Å²) < 4.78 is 4.61. The highest BCUT2D eigenvalue weighted by Gasteiger charge is 2.47. The van der Waals surface area contributed by atoms with Gasteiger partial charge in [-0.3, -0.25) is 9.59 Å². The number of hydrogen-bond acceptors (Lipinski definition) is 4. The Labute approximate surface area is 76.3 Å². The maximum absolute atomic E-state index is 11.3. The molecule has 4 heteroatoms. The fraction of sp³-hybridized carbons (Fsp3) is 0.667. The number of ketones is 2. The molecule has 1 rings (SSSR count). The second kappa shape index (κ2) is 3.28. The van der Waals surface area contributed by atoms with Gasteiger partial charge in [-0.1, -0.05) is 0 Å². The van der Waals surface area contributed by atoms with Gasteiger partial charge in [0.25, 0.3) is 0 Å². The molecule has 1 heterocycles. The van der Waals surface area contributed by atoms with E-state index in [9.17, 15) is 14.4 Å². The predicted molar refractivity (Wildman–Crippen MR) is 44.0 cm³/mol. The van der Waals surface area contributed by atoms with Gasteiger partial charge in [-0.05, 0) is 20.3 Å². The molecular formula is C9H12O4. The van der Waals surface area contributed by atoms with Crippen LogP contribution in [0.3, 0.4) is 0 Å². The number of carbonyl (C=O) groups is 3. The number of cyclic esters (lactones) is 1. The van der Waals surface area contributed by atoms with E-state index in [4.69, 9.17) is 0 Å². The van der Waals surface area contributed by atoms with Gasteiger partial charge >= 0.3 is 5.97 Å². The van der Waals surface area contributed by atoms with E-state index in [1.165, 1.54) is 13.8 Å². The van der Waals surface area contributed by atoms with E-state index in [2.05, 4.69) is 4.74 Å². The fourth-order valence-corrected chi connectivity index (χ4v) is 1.23. The van der Waals surface area contributed by atoms with Gasteiger partial charge < -0.3 is 9.53 Å². The normalized spacial score (nSPS) is 27.5. The van der Waals surface area contributed by atoms with Crippen LogP contribution in [0.25, 0.3) is 0 Å². The van der Waals surface area contributed by atoms with E-state index < -0.39 is 11.4 Å². The summed E-state index contributed by atoms with van der Waals surface area (Å²) in [5, 5.41) is 0. The van der Waals surface area contributed by atoms with Crippen molar-refractivity contribution in [1.29, 1.82) is 0 Å². The van der Waals surface area contributed by atoms with Gasteiger partial charge in [0.1, 0.15) is 11.2 Å². The number of Topliss-reactive ketones (excluding diaryl/α,β-unsaturated/α-hetero) is 2.